The van der Waals surface area contributed by atoms with E-state index >= 15 is 0 Å². The van der Waals surface area contributed by atoms with Crippen molar-refractivity contribution in [1.29, 1.82) is 0 Å². The van der Waals surface area contributed by atoms with Crippen LogP contribution in [0.2, 0.25) is 0 Å². The Morgan fingerprint density at radius 3 is 2.74 bits per heavy atom. The summed E-state index contributed by atoms with van der Waals surface area (Å²) >= 11 is 0. The fraction of sp³-hybridized carbons (Fsp3) is 0.632. The first-order valence-electron chi connectivity index (χ1n) is 9.57. The SMILES string of the molecule is CCC1CCCCN1C(=O)c1cc(C(=O)N(C)C2CCS(=O)(=O)C2)ccn1. The Balaban J connectivity index is 1.76. The van der Waals surface area contributed by atoms with E-state index < -0.39 is 9.84 Å². The summed E-state index contributed by atoms with van der Waals surface area (Å²) in [7, 11) is -1.45. The number of carbonyl (C=O) groups excluding carboxylic acids is 2. The van der Waals surface area contributed by atoms with E-state index in [1.165, 1.54) is 17.2 Å². The summed E-state index contributed by atoms with van der Waals surface area (Å²) in [4.78, 5) is 33.2. The van der Waals surface area contributed by atoms with Gasteiger partial charge in [0.1, 0.15) is 5.69 Å². The number of rotatable bonds is 4. The van der Waals surface area contributed by atoms with E-state index in [1.807, 2.05) is 4.90 Å². The Morgan fingerprint density at radius 2 is 2.07 bits per heavy atom. The predicted octanol–water partition coefficient (Wildman–Crippen LogP) is 1.75. The van der Waals surface area contributed by atoms with Crippen molar-refractivity contribution in [1.82, 2.24) is 14.8 Å². The van der Waals surface area contributed by atoms with Crippen molar-refractivity contribution in [3.8, 4) is 0 Å². The predicted molar refractivity (Wildman–Crippen MR) is 102 cm³/mol. The zero-order chi connectivity index (χ0) is 19.6. The Kier molecular flexibility index (Phi) is 5.83. The van der Waals surface area contributed by atoms with Crippen LogP contribution in [0.4, 0.5) is 0 Å². The molecule has 2 saturated heterocycles. The highest BCUT2D eigenvalue weighted by molar-refractivity contribution is 7.91. The van der Waals surface area contributed by atoms with Crippen LogP contribution in [0.5, 0.6) is 0 Å². The first kappa shape index (κ1) is 19.8. The third-order valence-electron chi connectivity index (χ3n) is 5.66. The zero-order valence-electron chi connectivity index (χ0n) is 15.9. The normalized spacial score (nSPS) is 24.6. The average molecular weight is 394 g/mol. The highest BCUT2D eigenvalue weighted by atomic mass is 32.2. The maximum Gasteiger partial charge on any atom is 0.272 e. The van der Waals surface area contributed by atoms with Gasteiger partial charge in [0.2, 0.25) is 0 Å². The van der Waals surface area contributed by atoms with Gasteiger partial charge < -0.3 is 9.80 Å². The molecule has 0 saturated carbocycles. The molecule has 2 aliphatic rings. The topological polar surface area (TPSA) is 87.7 Å². The van der Waals surface area contributed by atoms with Gasteiger partial charge in [-0.05, 0) is 44.2 Å². The van der Waals surface area contributed by atoms with Gasteiger partial charge in [0.15, 0.2) is 9.84 Å². The molecule has 148 valence electrons. The van der Waals surface area contributed by atoms with Gasteiger partial charge in [-0.25, -0.2) is 8.42 Å². The standard InChI is InChI=1S/C19H27N3O4S/c1-3-15-6-4-5-10-22(15)19(24)17-12-14(7-9-20-17)18(23)21(2)16-8-11-27(25,26)13-16/h7,9,12,15-16H,3-6,8,10-11,13H2,1-2H3. The molecule has 1 aromatic rings. The number of carbonyl (C=O) groups is 2. The van der Waals surface area contributed by atoms with Crippen LogP contribution in [0.1, 0.15) is 59.9 Å². The average Bonchev–Trinajstić information content (AvgIpc) is 3.06. The van der Waals surface area contributed by atoms with E-state index in [-0.39, 0.29) is 41.1 Å². The highest BCUT2D eigenvalue weighted by Gasteiger charge is 2.33. The molecule has 8 heteroatoms. The van der Waals surface area contributed by atoms with Crippen LogP contribution in [0.15, 0.2) is 18.3 Å². The van der Waals surface area contributed by atoms with Crippen LogP contribution in [0.3, 0.4) is 0 Å². The van der Waals surface area contributed by atoms with Crippen molar-refractivity contribution in [3.63, 3.8) is 0 Å². The Labute approximate surface area is 160 Å². The summed E-state index contributed by atoms with van der Waals surface area (Å²) in [5, 5.41) is 0. The van der Waals surface area contributed by atoms with Crippen LogP contribution >= 0.6 is 0 Å². The summed E-state index contributed by atoms with van der Waals surface area (Å²) < 4.78 is 23.4. The zero-order valence-corrected chi connectivity index (χ0v) is 16.7. The molecular formula is C19H27N3O4S. The molecule has 3 rings (SSSR count). The van der Waals surface area contributed by atoms with E-state index in [2.05, 4.69) is 11.9 Å². The molecule has 0 N–H and O–H groups in total. The number of pyridine rings is 1. The second kappa shape index (κ2) is 7.96. The maximum atomic E-state index is 12.9. The third-order valence-corrected chi connectivity index (χ3v) is 7.41. The number of aromatic nitrogens is 1. The Morgan fingerprint density at radius 1 is 1.30 bits per heavy atom. The van der Waals surface area contributed by atoms with Crippen LogP contribution in [-0.4, -0.2) is 72.2 Å². The van der Waals surface area contributed by atoms with E-state index in [0.29, 0.717) is 12.0 Å². The largest absolute Gasteiger partial charge is 0.338 e. The van der Waals surface area contributed by atoms with Gasteiger partial charge in [0.25, 0.3) is 11.8 Å². The number of hydrogen-bond donors (Lipinski definition) is 0. The molecule has 2 atom stereocenters. The molecule has 27 heavy (non-hydrogen) atoms. The van der Waals surface area contributed by atoms with Crippen LogP contribution in [0.25, 0.3) is 0 Å². The number of hydrogen-bond acceptors (Lipinski definition) is 5. The van der Waals surface area contributed by atoms with E-state index in [4.69, 9.17) is 0 Å². The van der Waals surface area contributed by atoms with Gasteiger partial charge in [-0.1, -0.05) is 6.92 Å². The molecule has 2 fully saturated rings. The molecule has 0 aliphatic carbocycles. The third kappa shape index (κ3) is 4.31. The maximum absolute atomic E-state index is 12.9. The minimum absolute atomic E-state index is 0.00192. The molecule has 0 bridgehead atoms. The minimum atomic E-state index is -3.07. The molecule has 3 heterocycles. The van der Waals surface area contributed by atoms with Gasteiger partial charge in [-0.3, -0.25) is 14.6 Å². The van der Waals surface area contributed by atoms with Gasteiger partial charge in [-0.2, -0.15) is 0 Å². The van der Waals surface area contributed by atoms with Crippen molar-refractivity contribution < 1.29 is 18.0 Å². The van der Waals surface area contributed by atoms with Crippen molar-refractivity contribution in [2.75, 3.05) is 25.1 Å². The molecule has 7 nitrogen and oxygen atoms in total. The summed E-state index contributed by atoms with van der Waals surface area (Å²) in [6.45, 7) is 2.80. The van der Waals surface area contributed by atoms with Crippen LogP contribution < -0.4 is 0 Å². The van der Waals surface area contributed by atoms with Gasteiger partial charge in [0.05, 0.1) is 11.5 Å². The number of nitrogens with zero attached hydrogens (tertiary/aromatic N) is 3. The number of likely N-dealkylation sites (tertiary alicyclic amines) is 1. The van der Waals surface area contributed by atoms with E-state index in [1.54, 1.807) is 13.1 Å². The van der Waals surface area contributed by atoms with Crippen molar-refractivity contribution in [3.05, 3.63) is 29.6 Å². The lowest BCUT2D eigenvalue weighted by Crippen LogP contribution is -2.43. The fourth-order valence-corrected chi connectivity index (χ4v) is 5.74. The van der Waals surface area contributed by atoms with Crippen molar-refractivity contribution in [2.45, 2.75) is 51.1 Å². The van der Waals surface area contributed by atoms with E-state index in [9.17, 15) is 18.0 Å². The van der Waals surface area contributed by atoms with E-state index in [0.717, 1.165) is 32.2 Å². The lowest BCUT2D eigenvalue weighted by Gasteiger charge is -2.35. The Hall–Kier alpha value is -1.96. The van der Waals surface area contributed by atoms with Crippen molar-refractivity contribution in [2.24, 2.45) is 0 Å². The van der Waals surface area contributed by atoms with Crippen molar-refractivity contribution >= 4 is 21.7 Å². The smallest absolute Gasteiger partial charge is 0.272 e. The lowest BCUT2D eigenvalue weighted by molar-refractivity contribution is 0.0602. The lowest BCUT2D eigenvalue weighted by atomic mass is 9.99. The molecular weight excluding hydrogens is 366 g/mol. The quantitative estimate of drug-likeness (QED) is 0.778. The molecule has 0 spiro atoms. The van der Waals surface area contributed by atoms with Crippen LogP contribution in [0, 0.1) is 0 Å². The number of piperidine rings is 1. The minimum Gasteiger partial charge on any atom is -0.338 e. The van der Waals surface area contributed by atoms with Gasteiger partial charge in [0, 0.05) is 37.4 Å². The monoisotopic (exact) mass is 393 g/mol. The fourth-order valence-electron chi connectivity index (χ4n) is 3.97. The highest BCUT2D eigenvalue weighted by Crippen LogP contribution is 2.22. The molecule has 2 unspecified atom stereocenters. The summed E-state index contributed by atoms with van der Waals surface area (Å²) in [6.07, 6.45) is 5.95. The second-order valence-electron chi connectivity index (χ2n) is 7.46. The van der Waals surface area contributed by atoms with Gasteiger partial charge >= 0.3 is 0 Å². The second-order valence-corrected chi connectivity index (χ2v) is 9.69. The first-order valence-corrected chi connectivity index (χ1v) is 11.4. The van der Waals surface area contributed by atoms with Crippen LogP contribution in [-0.2, 0) is 9.84 Å². The first-order chi connectivity index (χ1) is 12.8. The molecule has 0 radical (unpaired) electrons. The molecule has 0 aromatic carbocycles. The van der Waals surface area contributed by atoms with Gasteiger partial charge in [-0.15, -0.1) is 0 Å². The summed E-state index contributed by atoms with van der Waals surface area (Å²) in [6, 6.07) is 3.01. The summed E-state index contributed by atoms with van der Waals surface area (Å²) in [5.41, 5.74) is 0.638. The number of sulfone groups is 1. The molecule has 1 aromatic heterocycles. The summed E-state index contributed by atoms with van der Waals surface area (Å²) in [5.74, 6) is -0.303. The number of amides is 2. The molecule has 2 aliphatic heterocycles. The Bertz CT molecular complexity index is 824. The molecule has 2 amide bonds.